The van der Waals surface area contributed by atoms with E-state index in [9.17, 15) is 19.6 Å². The Labute approximate surface area is 246 Å². The van der Waals surface area contributed by atoms with Gasteiger partial charge in [-0.25, -0.2) is 13.9 Å². The Kier molecular flexibility index (Phi) is 6.80. The molecule has 1 aliphatic carbocycles. The number of pyridine rings is 1. The van der Waals surface area contributed by atoms with Gasteiger partial charge in [0.1, 0.15) is 22.5 Å². The number of aromatic nitrogens is 3. The molecule has 42 heavy (non-hydrogen) atoms. The summed E-state index contributed by atoms with van der Waals surface area (Å²) in [5, 5.41) is 25.0. The summed E-state index contributed by atoms with van der Waals surface area (Å²) in [6.07, 6.45) is 3.81. The number of likely N-dealkylation sites (tertiary alicyclic amines) is 1. The molecule has 3 fully saturated rings. The number of benzene rings is 1. The number of aliphatic hydroxyl groups excluding tert-OH is 1. The first kappa shape index (κ1) is 26.8. The normalized spacial score (nSPS) is 17.9. The van der Waals surface area contributed by atoms with Crippen LogP contribution in [0.5, 0.6) is 0 Å². The predicted molar refractivity (Wildman–Crippen MR) is 159 cm³/mol. The second kappa shape index (κ2) is 10.7. The van der Waals surface area contributed by atoms with Gasteiger partial charge >= 0.3 is 0 Å². The van der Waals surface area contributed by atoms with E-state index in [-0.39, 0.29) is 17.8 Å². The van der Waals surface area contributed by atoms with Gasteiger partial charge in [0.15, 0.2) is 5.13 Å². The minimum atomic E-state index is -0.380. The van der Waals surface area contributed by atoms with Crippen LogP contribution in [0.2, 0.25) is 0 Å². The molecular weight excluding hydrogens is 555 g/mol. The number of thiazole rings is 1. The maximum Gasteiger partial charge on any atom is 0.236 e. The fourth-order valence-electron chi connectivity index (χ4n) is 5.75. The Morgan fingerprint density at radius 3 is 2.57 bits per heavy atom. The van der Waals surface area contributed by atoms with Crippen LogP contribution in [0.3, 0.4) is 0 Å². The number of carbonyl (C=O) groups excluding carboxylic acids is 1. The maximum absolute atomic E-state index is 13.5. The predicted octanol–water partition coefficient (Wildman–Crippen LogP) is 3.44. The van der Waals surface area contributed by atoms with Crippen LogP contribution in [0.4, 0.5) is 20.9 Å². The summed E-state index contributed by atoms with van der Waals surface area (Å²) in [5.41, 5.74) is 5.35. The first-order chi connectivity index (χ1) is 20.4. The van der Waals surface area contributed by atoms with Gasteiger partial charge in [0.05, 0.1) is 29.5 Å². The van der Waals surface area contributed by atoms with Crippen LogP contribution in [-0.4, -0.2) is 94.4 Å². The summed E-state index contributed by atoms with van der Waals surface area (Å²) in [6, 6.07) is 12.6. The van der Waals surface area contributed by atoms with Gasteiger partial charge in [0.2, 0.25) is 5.91 Å². The Morgan fingerprint density at radius 1 is 1.17 bits per heavy atom. The summed E-state index contributed by atoms with van der Waals surface area (Å²) in [4.78, 5) is 26.0. The molecule has 2 saturated heterocycles. The van der Waals surface area contributed by atoms with E-state index >= 15 is 0 Å². The van der Waals surface area contributed by atoms with E-state index in [2.05, 4.69) is 28.0 Å². The van der Waals surface area contributed by atoms with Crippen molar-refractivity contribution in [3.05, 3.63) is 59.0 Å². The Morgan fingerprint density at radius 2 is 1.90 bits per heavy atom. The van der Waals surface area contributed by atoms with Crippen LogP contribution < -0.4 is 9.80 Å². The molecule has 5 heterocycles. The molecule has 2 aliphatic heterocycles. The number of hydrogen-bond donors (Lipinski definition) is 1. The van der Waals surface area contributed by atoms with Crippen molar-refractivity contribution in [3.63, 3.8) is 0 Å². The average Bonchev–Trinajstić information content (AvgIpc) is 3.62. The number of hydrogen-bond acceptors (Lipinski definition) is 9. The largest absolute Gasteiger partial charge is 0.389 e. The molecule has 3 aliphatic rings. The zero-order valence-electron chi connectivity index (χ0n) is 23.3. The van der Waals surface area contributed by atoms with Crippen LogP contribution in [0.25, 0.3) is 16.8 Å². The van der Waals surface area contributed by atoms with Crippen LogP contribution in [0.15, 0.2) is 42.6 Å². The molecule has 4 aromatic rings. The SMILES string of the molecule is CN(c1nc(-c2ccc(F)cc2)c(C#N)s1)c1c(C2CC2)nn2ccc(N3CCN(CC(=O)N4CC(O)C4)CC3)cc12. The van der Waals surface area contributed by atoms with E-state index < -0.39 is 0 Å². The first-order valence-electron chi connectivity index (χ1n) is 14.2. The van der Waals surface area contributed by atoms with Gasteiger partial charge in [0, 0.05) is 69.7 Å². The fraction of sp³-hybridized carbons (Fsp3) is 0.400. The lowest BCUT2D eigenvalue weighted by Gasteiger charge is -2.39. The van der Waals surface area contributed by atoms with Gasteiger partial charge in [-0.15, -0.1) is 0 Å². The van der Waals surface area contributed by atoms with Crippen LogP contribution >= 0.6 is 11.3 Å². The topological polar surface area (TPSA) is 104 Å². The van der Waals surface area contributed by atoms with Crippen molar-refractivity contribution in [1.82, 2.24) is 24.4 Å². The van der Waals surface area contributed by atoms with E-state index in [0.717, 1.165) is 61.6 Å². The molecule has 0 bridgehead atoms. The smallest absolute Gasteiger partial charge is 0.236 e. The second-order valence-electron chi connectivity index (χ2n) is 11.3. The minimum Gasteiger partial charge on any atom is -0.389 e. The van der Waals surface area contributed by atoms with Gasteiger partial charge in [-0.2, -0.15) is 10.4 Å². The monoisotopic (exact) mass is 586 g/mol. The zero-order chi connectivity index (χ0) is 29.0. The highest BCUT2D eigenvalue weighted by Gasteiger charge is 2.34. The number of anilines is 3. The van der Waals surface area contributed by atoms with Gasteiger partial charge in [-0.1, -0.05) is 11.3 Å². The number of rotatable bonds is 7. The van der Waals surface area contributed by atoms with E-state index in [1.807, 2.05) is 22.7 Å². The number of aliphatic hydroxyl groups is 1. The molecule has 0 atom stereocenters. The number of nitriles is 1. The lowest BCUT2D eigenvalue weighted by molar-refractivity contribution is -0.142. The Balaban J connectivity index is 1.15. The molecule has 1 amide bonds. The molecule has 10 nitrogen and oxygen atoms in total. The summed E-state index contributed by atoms with van der Waals surface area (Å²) < 4.78 is 15.5. The Bertz CT molecular complexity index is 1680. The summed E-state index contributed by atoms with van der Waals surface area (Å²) in [7, 11) is 1.97. The van der Waals surface area contributed by atoms with Crippen molar-refractivity contribution >= 4 is 39.3 Å². The van der Waals surface area contributed by atoms with E-state index in [1.54, 1.807) is 17.0 Å². The third kappa shape index (κ3) is 4.98. The van der Waals surface area contributed by atoms with Crippen molar-refractivity contribution in [2.24, 2.45) is 0 Å². The van der Waals surface area contributed by atoms with Crippen LogP contribution in [0, 0.1) is 17.1 Å². The highest BCUT2D eigenvalue weighted by Crippen LogP contribution is 2.47. The number of β-amino-alcohol motifs (C(OH)–C–C–N with tert-alkyl or cyclic N) is 1. The summed E-state index contributed by atoms with van der Waals surface area (Å²) >= 11 is 1.32. The molecule has 3 aromatic heterocycles. The molecule has 1 saturated carbocycles. The van der Waals surface area contributed by atoms with Gasteiger partial charge in [-0.05, 0) is 49.2 Å². The molecule has 7 rings (SSSR count). The number of carbonyl (C=O) groups is 1. The number of piperazine rings is 1. The van der Waals surface area contributed by atoms with Gasteiger partial charge in [0.25, 0.3) is 0 Å². The van der Waals surface area contributed by atoms with Crippen molar-refractivity contribution in [2.75, 3.05) is 62.7 Å². The first-order valence-corrected chi connectivity index (χ1v) is 15.1. The second-order valence-corrected chi connectivity index (χ2v) is 12.3. The third-order valence-electron chi connectivity index (χ3n) is 8.35. The van der Waals surface area contributed by atoms with Crippen molar-refractivity contribution in [3.8, 4) is 17.3 Å². The quantitative estimate of drug-likeness (QED) is 0.351. The number of amides is 1. The summed E-state index contributed by atoms with van der Waals surface area (Å²) in [5.74, 6) is 0.147. The van der Waals surface area contributed by atoms with Crippen molar-refractivity contribution < 1.29 is 14.3 Å². The van der Waals surface area contributed by atoms with Crippen molar-refractivity contribution in [2.45, 2.75) is 24.9 Å². The molecule has 1 aromatic carbocycles. The highest BCUT2D eigenvalue weighted by molar-refractivity contribution is 7.16. The van der Waals surface area contributed by atoms with Gasteiger partial charge in [-0.3, -0.25) is 9.69 Å². The highest BCUT2D eigenvalue weighted by atomic mass is 32.1. The number of fused-ring (bicyclic) bond motifs is 1. The molecule has 12 heteroatoms. The fourth-order valence-corrected chi connectivity index (χ4v) is 6.61. The third-order valence-corrected chi connectivity index (χ3v) is 9.39. The maximum atomic E-state index is 13.5. The Hall–Kier alpha value is -4.05. The zero-order valence-corrected chi connectivity index (χ0v) is 24.1. The lowest BCUT2D eigenvalue weighted by atomic mass is 10.1. The van der Waals surface area contributed by atoms with E-state index in [1.165, 1.54) is 23.5 Å². The average molecular weight is 587 g/mol. The van der Waals surface area contributed by atoms with E-state index in [4.69, 9.17) is 10.1 Å². The molecular formula is C30H31FN8O2S. The number of nitrogens with zero attached hydrogens (tertiary/aromatic N) is 8. The standard InChI is InChI=1S/C30H31FN8O2S/c1-35(30-33-27(25(15-32)42-30)19-4-6-21(31)7-5-19)29-24-14-22(8-9-39(24)34-28(29)20-2-3-20)37-12-10-36(11-13-37)18-26(41)38-16-23(40)17-38/h4-9,14,20,23,40H,2-3,10-13,16-18H2,1H3. The molecule has 0 unspecified atom stereocenters. The molecule has 0 spiro atoms. The molecule has 1 N–H and O–H groups in total. The van der Waals surface area contributed by atoms with Crippen LogP contribution in [-0.2, 0) is 4.79 Å². The van der Waals surface area contributed by atoms with Gasteiger partial charge < -0.3 is 19.8 Å². The summed E-state index contributed by atoms with van der Waals surface area (Å²) in [6.45, 7) is 4.45. The molecule has 216 valence electrons. The lowest BCUT2D eigenvalue weighted by Crippen LogP contribution is -2.57. The number of halogens is 1. The van der Waals surface area contributed by atoms with Crippen molar-refractivity contribution in [1.29, 1.82) is 5.26 Å². The van der Waals surface area contributed by atoms with E-state index in [0.29, 0.717) is 46.8 Å². The molecule has 0 radical (unpaired) electrons. The van der Waals surface area contributed by atoms with Crippen LogP contribution in [0.1, 0.15) is 29.3 Å². The minimum absolute atomic E-state index is 0.0824.